The predicted octanol–water partition coefficient (Wildman–Crippen LogP) is 4.33. The van der Waals surface area contributed by atoms with Crippen LogP contribution >= 0.6 is 23.4 Å². The van der Waals surface area contributed by atoms with Gasteiger partial charge in [0.05, 0.1) is 7.11 Å². The molecule has 0 fully saturated rings. The number of amides is 1. The lowest BCUT2D eigenvalue weighted by molar-refractivity contribution is 0.187. The molecule has 0 radical (unpaired) electrons. The van der Waals surface area contributed by atoms with E-state index in [1.165, 1.54) is 18.9 Å². The number of hydrogen-bond donors (Lipinski definition) is 1. The van der Waals surface area contributed by atoms with Gasteiger partial charge in [-0.25, -0.2) is 14.3 Å². The Kier molecular flexibility index (Phi) is 4.64. The number of carbonyl (C=O) groups is 1. The van der Waals surface area contributed by atoms with Crippen LogP contribution in [0.2, 0.25) is 5.02 Å². The van der Waals surface area contributed by atoms with Crippen LogP contribution in [-0.4, -0.2) is 27.8 Å². The lowest BCUT2D eigenvalue weighted by atomic mass is 10.3. The topological polar surface area (TPSA) is 68.5 Å². The van der Waals surface area contributed by atoms with Crippen molar-refractivity contribution in [1.29, 1.82) is 0 Å². The molecule has 0 aliphatic rings. The maximum atomic E-state index is 11.7. The predicted molar refractivity (Wildman–Crippen MR) is 94.1 cm³/mol. The number of ether oxygens (including phenoxy) is 1. The van der Waals surface area contributed by atoms with Gasteiger partial charge >= 0.3 is 6.09 Å². The second-order valence-electron chi connectivity index (χ2n) is 5.13. The zero-order valence-electron chi connectivity index (χ0n) is 13.3. The van der Waals surface area contributed by atoms with E-state index < -0.39 is 6.09 Å². The van der Waals surface area contributed by atoms with Gasteiger partial charge in [0.25, 0.3) is 0 Å². The fraction of sp³-hybridized carbons (Fsp3) is 0.188. The van der Waals surface area contributed by atoms with Crippen LogP contribution in [0.25, 0.3) is 5.65 Å². The van der Waals surface area contributed by atoms with Crippen LogP contribution in [0, 0.1) is 13.8 Å². The van der Waals surface area contributed by atoms with Gasteiger partial charge in [0.15, 0.2) is 5.65 Å². The Morgan fingerprint density at radius 3 is 2.67 bits per heavy atom. The molecular weight excluding hydrogens is 348 g/mol. The lowest BCUT2D eigenvalue weighted by Gasteiger charge is -2.05. The molecule has 0 saturated heterocycles. The molecule has 1 N–H and O–H groups in total. The molecule has 0 saturated carbocycles. The third-order valence-electron chi connectivity index (χ3n) is 3.30. The lowest BCUT2D eigenvalue weighted by Crippen LogP contribution is -2.11. The maximum absolute atomic E-state index is 11.7. The molecule has 0 atom stereocenters. The minimum Gasteiger partial charge on any atom is -0.453 e. The molecule has 1 aromatic carbocycles. The van der Waals surface area contributed by atoms with Crippen molar-refractivity contribution in [2.24, 2.45) is 0 Å². The summed E-state index contributed by atoms with van der Waals surface area (Å²) in [6.07, 6.45) is -0.566. The Hall–Kier alpha value is -2.25. The highest BCUT2D eigenvalue weighted by molar-refractivity contribution is 7.99. The zero-order chi connectivity index (χ0) is 17.3. The van der Waals surface area contributed by atoms with E-state index in [2.05, 4.69) is 15.4 Å². The number of aromatic nitrogens is 3. The number of anilines is 1. The van der Waals surface area contributed by atoms with Crippen LogP contribution in [-0.2, 0) is 4.74 Å². The van der Waals surface area contributed by atoms with Gasteiger partial charge in [0.2, 0.25) is 0 Å². The quantitative estimate of drug-likeness (QED) is 0.751. The summed E-state index contributed by atoms with van der Waals surface area (Å²) < 4.78 is 6.42. The first kappa shape index (κ1) is 16.6. The fourth-order valence-corrected chi connectivity index (χ4v) is 3.24. The number of benzene rings is 1. The van der Waals surface area contributed by atoms with Crippen LogP contribution < -0.4 is 5.32 Å². The van der Waals surface area contributed by atoms with Crippen LogP contribution in [0.4, 0.5) is 10.5 Å². The van der Waals surface area contributed by atoms with Gasteiger partial charge in [-0.3, -0.25) is 5.32 Å². The number of nitrogens with one attached hydrogen (secondary N) is 1. The normalized spacial score (nSPS) is 10.8. The second kappa shape index (κ2) is 6.70. The average Bonchev–Trinajstić information content (AvgIpc) is 2.87. The Bertz CT molecular complexity index is 909. The molecule has 1 amide bonds. The zero-order valence-corrected chi connectivity index (χ0v) is 14.9. The van der Waals surface area contributed by atoms with E-state index in [0.29, 0.717) is 21.4 Å². The Labute approximate surface area is 148 Å². The number of nitrogens with zero attached hydrogens (tertiary/aromatic N) is 3. The molecule has 0 spiro atoms. The van der Waals surface area contributed by atoms with Crippen molar-refractivity contribution in [2.75, 3.05) is 12.4 Å². The molecule has 24 heavy (non-hydrogen) atoms. The fourth-order valence-electron chi connectivity index (χ4n) is 2.25. The molecule has 3 rings (SSSR count). The number of methoxy groups -OCH3 is 1. The van der Waals surface area contributed by atoms with Crippen LogP contribution in [0.5, 0.6) is 0 Å². The average molecular weight is 363 g/mol. The van der Waals surface area contributed by atoms with E-state index in [1.54, 1.807) is 16.6 Å². The van der Waals surface area contributed by atoms with E-state index in [4.69, 9.17) is 16.3 Å². The van der Waals surface area contributed by atoms with Gasteiger partial charge in [-0.2, -0.15) is 5.10 Å². The third-order valence-corrected chi connectivity index (χ3v) is 4.54. The summed E-state index contributed by atoms with van der Waals surface area (Å²) in [5.41, 5.74) is 2.87. The first-order valence-electron chi connectivity index (χ1n) is 7.13. The van der Waals surface area contributed by atoms with Crippen LogP contribution in [0.3, 0.4) is 0 Å². The van der Waals surface area contributed by atoms with E-state index in [-0.39, 0.29) is 0 Å². The SMILES string of the molecule is COC(=O)Nc1c(Sc2ccc(Cl)cc2)nn2c(C)cc(C)nc12. The van der Waals surface area contributed by atoms with Crippen molar-refractivity contribution in [1.82, 2.24) is 14.6 Å². The molecule has 2 heterocycles. The molecule has 2 aromatic heterocycles. The van der Waals surface area contributed by atoms with Crippen molar-refractivity contribution < 1.29 is 9.53 Å². The Morgan fingerprint density at radius 1 is 1.29 bits per heavy atom. The monoisotopic (exact) mass is 362 g/mol. The van der Waals surface area contributed by atoms with Crippen LogP contribution in [0.15, 0.2) is 40.3 Å². The number of carbonyl (C=O) groups excluding carboxylic acids is 1. The molecule has 0 aliphatic heterocycles. The highest BCUT2D eigenvalue weighted by atomic mass is 35.5. The summed E-state index contributed by atoms with van der Waals surface area (Å²) in [7, 11) is 1.32. The number of rotatable bonds is 3. The van der Waals surface area contributed by atoms with Crippen molar-refractivity contribution in [3.8, 4) is 0 Å². The first-order valence-corrected chi connectivity index (χ1v) is 8.32. The molecule has 0 aliphatic carbocycles. The van der Waals surface area contributed by atoms with Crippen molar-refractivity contribution in [3.05, 3.63) is 46.7 Å². The highest BCUT2D eigenvalue weighted by Gasteiger charge is 2.19. The number of aryl methyl sites for hydroxylation is 2. The summed E-state index contributed by atoms with van der Waals surface area (Å²) in [6, 6.07) is 9.33. The molecule has 124 valence electrons. The third kappa shape index (κ3) is 3.32. The van der Waals surface area contributed by atoms with Gasteiger partial charge in [0, 0.05) is 21.3 Å². The second-order valence-corrected chi connectivity index (χ2v) is 6.63. The minimum atomic E-state index is -0.566. The molecule has 8 heteroatoms. The Morgan fingerprint density at radius 2 is 2.00 bits per heavy atom. The van der Waals surface area contributed by atoms with Crippen LogP contribution in [0.1, 0.15) is 11.4 Å². The van der Waals surface area contributed by atoms with E-state index in [1.807, 2.05) is 32.0 Å². The van der Waals surface area contributed by atoms with E-state index in [9.17, 15) is 4.79 Å². The highest BCUT2D eigenvalue weighted by Crippen LogP contribution is 2.35. The van der Waals surface area contributed by atoms with Gasteiger partial charge in [-0.05, 0) is 44.2 Å². The van der Waals surface area contributed by atoms with E-state index >= 15 is 0 Å². The molecular formula is C16H15ClN4O2S. The minimum absolute atomic E-state index is 0.522. The summed E-state index contributed by atoms with van der Waals surface area (Å²) in [6.45, 7) is 3.83. The Balaban J connectivity index is 2.10. The summed E-state index contributed by atoms with van der Waals surface area (Å²) in [4.78, 5) is 17.2. The van der Waals surface area contributed by atoms with Gasteiger partial charge < -0.3 is 4.74 Å². The molecule has 6 nitrogen and oxygen atoms in total. The number of fused-ring (bicyclic) bond motifs is 1. The molecule has 3 aromatic rings. The van der Waals surface area contributed by atoms with Gasteiger partial charge in [0.1, 0.15) is 10.7 Å². The van der Waals surface area contributed by atoms with Crippen molar-refractivity contribution >= 4 is 40.8 Å². The molecule has 0 unspecified atom stereocenters. The summed E-state index contributed by atoms with van der Waals surface area (Å²) in [5.74, 6) is 0. The first-order chi connectivity index (χ1) is 11.5. The number of hydrogen-bond acceptors (Lipinski definition) is 5. The smallest absolute Gasteiger partial charge is 0.411 e. The van der Waals surface area contributed by atoms with Crippen molar-refractivity contribution in [3.63, 3.8) is 0 Å². The van der Waals surface area contributed by atoms with Gasteiger partial charge in [-0.1, -0.05) is 23.4 Å². The standard InChI is InChI=1S/C16H15ClN4O2S/c1-9-8-10(2)21-14(18-9)13(19-16(22)23-3)15(20-21)24-12-6-4-11(17)5-7-12/h4-8H,1-3H3,(H,19,22). The van der Waals surface area contributed by atoms with Crippen molar-refractivity contribution in [2.45, 2.75) is 23.8 Å². The summed E-state index contributed by atoms with van der Waals surface area (Å²) in [5, 5.41) is 8.58. The molecule has 0 bridgehead atoms. The van der Waals surface area contributed by atoms with Gasteiger partial charge in [-0.15, -0.1) is 0 Å². The summed E-state index contributed by atoms with van der Waals surface area (Å²) >= 11 is 7.34. The maximum Gasteiger partial charge on any atom is 0.411 e. The van der Waals surface area contributed by atoms with E-state index in [0.717, 1.165) is 16.3 Å². The largest absolute Gasteiger partial charge is 0.453 e. The number of halogens is 1.